The number of carbonyl (C=O) groups excluding carboxylic acids is 1. The van der Waals surface area contributed by atoms with Crippen LogP contribution in [-0.4, -0.2) is 61.6 Å². The molecule has 3 aromatic rings. The van der Waals surface area contributed by atoms with Crippen LogP contribution in [0.1, 0.15) is 37.0 Å². The molecule has 1 atom stereocenters. The number of anilines is 1. The van der Waals surface area contributed by atoms with Gasteiger partial charge in [0.25, 0.3) is 11.5 Å². The molecular weight excluding hydrogens is 502 g/mol. The fourth-order valence-corrected chi connectivity index (χ4v) is 6.19. The van der Waals surface area contributed by atoms with E-state index in [2.05, 4.69) is 34.1 Å². The van der Waals surface area contributed by atoms with Gasteiger partial charge in [-0.15, -0.1) is 0 Å². The summed E-state index contributed by atoms with van der Waals surface area (Å²) in [6.45, 7) is 10.1. The number of carbonyl (C=O) groups is 1. The number of nitrogens with zero attached hydrogens (tertiary/aromatic N) is 5. The molecule has 0 N–H and O–H groups in total. The average molecular weight is 534 g/mol. The third kappa shape index (κ3) is 5.21. The molecule has 2 aliphatic rings. The first-order valence-electron chi connectivity index (χ1n) is 12.7. The maximum absolute atomic E-state index is 13.8. The van der Waals surface area contributed by atoms with Gasteiger partial charge in [0.2, 0.25) is 0 Å². The van der Waals surface area contributed by atoms with E-state index < -0.39 is 0 Å². The summed E-state index contributed by atoms with van der Waals surface area (Å²) < 4.78 is 2.11. The molecule has 4 heterocycles. The summed E-state index contributed by atoms with van der Waals surface area (Å²) in [4.78, 5) is 38.7. The van der Waals surface area contributed by atoms with Crippen LogP contribution in [0.3, 0.4) is 0 Å². The highest BCUT2D eigenvalue weighted by molar-refractivity contribution is 8.26. The fraction of sp³-hybridized carbons (Fsp3) is 0.357. The molecule has 2 aromatic heterocycles. The van der Waals surface area contributed by atoms with Crippen molar-refractivity contribution in [1.82, 2.24) is 19.2 Å². The van der Waals surface area contributed by atoms with E-state index >= 15 is 0 Å². The minimum atomic E-state index is -0.177. The minimum absolute atomic E-state index is 0.00837. The Morgan fingerprint density at radius 1 is 1.08 bits per heavy atom. The van der Waals surface area contributed by atoms with Crippen LogP contribution >= 0.6 is 24.0 Å². The number of aryl methyl sites for hydroxylation is 1. The van der Waals surface area contributed by atoms with Gasteiger partial charge in [-0.3, -0.25) is 23.8 Å². The highest BCUT2D eigenvalue weighted by atomic mass is 32.2. The van der Waals surface area contributed by atoms with Crippen molar-refractivity contribution in [2.75, 3.05) is 31.1 Å². The van der Waals surface area contributed by atoms with Crippen molar-refractivity contribution in [3.8, 4) is 0 Å². The molecule has 5 rings (SSSR count). The van der Waals surface area contributed by atoms with Crippen molar-refractivity contribution >= 4 is 51.7 Å². The van der Waals surface area contributed by atoms with Gasteiger partial charge in [-0.2, -0.15) is 0 Å². The number of thioether (sulfide) groups is 1. The molecule has 1 aromatic carbocycles. The molecule has 192 valence electrons. The van der Waals surface area contributed by atoms with Gasteiger partial charge in [0.05, 0.1) is 10.5 Å². The van der Waals surface area contributed by atoms with Gasteiger partial charge >= 0.3 is 0 Å². The lowest BCUT2D eigenvalue weighted by molar-refractivity contribution is -0.123. The first-order chi connectivity index (χ1) is 17.9. The van der Waals surface area contributed by atoms with Crippen molar-refractivity contribution in [1.29, 1.82) is 0 Å². The smallest absolute Gasteiger partial charge is 0.267 e. The first kappa shape index (κ1) is 25.6. The summed E-state index contributed by atoms with van der Waals surface area (Å²) in [6.07, 6.45) is 4.31. The molecule has 0 saturated carbocycles. The Labute approximate surface area is 226 Å². The molecule has 9 heteroatoms. The SMILES string of the molecule is CCC(C)N1C(=O)C(=Cc2c(N3CCN(Cc4ccccc4)CC3)nc3ccc(C)cn3c2=O)SC1=S. The van der Waals surface area contributed by atoms with Crippen molar-refractivity contribution < 1.29 is 4.79 Å². The molecule has 0 spiro atoms. The van der Waals surface area contributed by atoms with Crippen LogP contribution in [0.15, 0.2) is 58.4 Å². The number of amides is 1. The van der Waals surface area contributed by atoms with Crippen LogP contribution < -0.4 is 10.5 Å². The van der Waals surface area contributed by atoms with E-state index in [0.717, 1.165) is 44.7 Å². The standard InChI is InChI=1S/C28H31N5O2S2/c1-4-20(3)33-27(35)23(37-28(33)36)16-22-25(29-24-11-10-19(2)17-32(24)26(22)34)31-14-12-30(13-15-31)18-21-8-6-5-7-9-21/h5-11,16-17,20H,4,12-15,18H2,1-3H3. The van der Waals surface area contributed by atoms with E-state index in [0.29, 0.717) is 26.3 Å². The zero-order chi connectivity index (χ0) is 26.1. The summed E-state index contributed by atoms with van der Waals surface area (Å²) in [5.74, 6) is 0.485. The number of hydrogen-bond donors (Lipinski definition) is 0. The predicted molar refractivity (Wildman–Crippen MR) is 155 cm³/mol. The molecule has 2 aliphatic heterocycles. The van der Waals surface area contributed by atoms with E-state index in [1.807, 2.05) is 39.0 Å². The Morgan fingerprint density at radius 3 is 2.51 bits per heavy atom. The van der Waals surface area contributed by atoms with Crippen LogP contribution in [0.25, 0.3) is 11.7 Å². The van der Waals surface area contributed by atoms with Crippen LogP contribution in [0, 0.1) is 6.92 Å². The molecular formula is C28H31N5O2S2. The zero-order valence-corrected chi connectivity index (χ0v) is 23.0. The van der Waals surface area contributed by atoms with Crippen LogP contribution in [0.5, 0.6) is 0 Å². The summed E-state index contributed by atoms with van der Waals surface area (Å²) >= 11 is 6.78. The normalized spacial score (nSPS) is 18.8. The van der Waals surface area contributed by atoms with E-state index in [1.54, 1.807) is 21.6 Å². The highest BCUT2D eigenvalue weighted by Crippen LogP contribution is 2.35. The minimum Gasteiger partial charge on any atom is -0.353 e. The molecule has 2 fully saturated rings. The number of piperazine rings is 1. The first-order valence-corrected chi connectivity index (χ1v) is 13.9. The lowest BCUT2D eigenvalue weighted by Gasteiger charge is -2.36. The second kappa shape index (κ2) is 10.8. The fourth-order valence-electron chi connectivity index (χ4n) is 4.75. The van der Waals surface area contributed by atoms with Gasteiger partial charge in [0.1, 0.15) is 15.8 Å². The zero-order valence-electron chi connectivity index (χ0n) is 21.4. The quantitative estimate of drug-likeness (QED) is 0.345. The lowest BCUT2D eigenvalue weighted by Crippen LogP contribution is -2.47. The van der Waals surface area contributed by atoms with Gasteiger partial charge in [-0.25, -0.2) is 4.98 Å². The van der Waals surface area contributed by atoms with Crippen LogP contribution in [-0.2, 0) is 11.3 Å². The number of rotatable bonds is 6. The van der Waals surface area contributed by atoms with Crippen LogP contribution in [0.2, 0.25) is 0 Å². The number of benzene rings is 1. The molecule has 0 bridgehead atoms. The molecule has 0 aliphatic carbocycles. The summed E-state index contributed by atoms with van der Waals surface area (Å²) in [5.41, 5.74) is 3.11. The second-order valence-corrected chi connectivity index (χ2v) is 11.3. The van der Waals surface area contributed by atoms with Gasteiger partial charge in [0, 0.05) is 45.0 Å². The van der Waals surface area contributed by atoms with E-state index in [9.17, 15) is 9.59 Å². The molecule has 37 heavy (non-hydrogen) atoms. The number of hydrogen-bond acceptors (Lipinski definition) is 7. The number of pyridine rings is 1. The Hall–Kier alpha value is -3.01. The summed E-state index contributed by atoms with van der Waals surface area (Å²) in [5, 5.41) is 0. The molecule has 7 nitrogen and oxygen atoms in total. The summed E-state index contributed by atoms with van der Waals surface area (Å²) in [6, 6.07) is 14.3. The Balaban J connectivity index is 1.50. The van der Waals surface area contributed by atoms with Gasteiger partial charge in [0.15, 0.2) is 0 Å². The van der Waals surface area contributed by atoms with Crippen molar-refractivity contribution in [2.45, 2.75) is 39.8 Å². The van der Waals surface area contributed by atoms with E-state index in [-0.39, 0.29) is 17.5 Å². The average Bonchev–Trinajstić information content (AvgIpc) is 3.19. The second-order valence-electron chi connectivity index (χ2n) is 9.65. The van der Waals surface area contributed by atoms with Crippen molar-refractivity contribution in [3.63, 3.8) is 0 Å². The monoisotopic (exact) mass is 533 g/mol. The number of aromatic nitrogens is 2. The lowest BCUT2D eigenvalue weighted by atomic mass is 10.1. The van der Waals surface area contributed by atoms with E-state index in [4.69, 9.17) is 17.2 Å². The summed E-state index contributed by atoms with van der Waals surface area (Å²) in [7, 11) is 0. The molecule has 0 radical (unpaired) electrons. The van der Waals surface area contributed by atoms with Gasteiger partial charge in [-0.1, -0.05) is 67.3 Å². The number of thiocarbonyl (C=S) groups is 1. The topological polar surface area (TPSA) is 61.2 Å². The highest BCUT2D eigenvalue weighted by Gasteiger charge is 2.35. The van der Waals surface area contributed by atoms with E-state index in [1.165, 1.54) is 17.3 Å². The Bertz CT molecular complexity index is 1430. The molecule has 1 unspecified atom stereocenters. The largest absolute Gasteiger partial charge is 0.353 e. The number of fused-ring (bicyclic) bond motifs is 1. The Morgan fingerprint density at radius 2 is 1.81 bits per heavy atom. The van der Waals surface area contributed by atoms with Gasteiger partial charge in [-0.05, 0) is 43.5 Å². The molecule has 1 amide bonds. The third-order valence-electron chi connectivity index (χ3n) is 7.04. The third-order valence-corrected chi connectivity index (χ3v) is 8.37. The maximum Gasteiger partial charge on any atom is 0.267 e. The van der Waals surface area contributed by atoms with Gasteiger partial charge < -0.3 is 4.90 Å². The predicted octanol–water partition coefficient (Wildman–Crippen LogP) is 4.32. The van der Waals surface area contributed by atoms with Crippen molar-refractivity contribution in [3.05, 3.63) is 80.6 Å². The Kier molecular flexibility index (Phi) is 7.46. The maximum atomic E-state index is 13.8. The van der Waals surface area contributed by atoms with Crippen LogP contribution in [0.4, 0.5) is 5.82 Å². The van der Waals surface area contributed by atoms with Crippen molar-refractivity contribution in [2.24, 2.45) is 0 Å². The molecule has 2 saturated heterocycles.